The predicted octanol–water partition coefficient (Wildman–Crippen LogP) is 2.84. The van der Waals surface area contributed by atoms with Gasteiger partial charge in [0.1, 0.15) is 0 Å². The van der Waals surface area contributed by atoms with E-state index in [0.717, 1.165) is 30.3 Å². The van der Waals surface area contributed by atoms with E-state index in [9.17, 15) is 5.11 Å². The highest BCUT2D eigenvalue weighted by Gasteiger charge is 2.21. The summed E-state index contributed by atoms with van der Waals surface area (Å²) in [5, 5.41) is 13.3. The number of halogens is 1. The first kappa shape index (κ1) is 12.1. The van der Waals surface area contributed by atoms with Crippen molar-refractivity contribution in [3.63, 3.8) is 0 Å². The summed E-state index contributed by atoms with van der Waals surface area (Å²) in [5.41, 5.74) is 1.26. The van der Waals surface area contributed by atoms with Crippen molar-refractivity contribution in [2.75, 3.05) is 0 Å². The lowest BCUT2D eigenvalue weighted by atomic mass is 9.92. The Bertz CT molecular complexity index is 325. The Hall–Kier alpha value is -0.380. The highest BCUT2D eigenvalue weighted by molar-refractivity contribution is 9.10. The van der Waals surface area contributed by atoms with Crippen molar-refractivity contribution in [3.05, 3.63) is 34.3 Å². The van der Waals surface area contributed by atoms with E-state index in [1.165, 1.54) is 12.0 Å². The Labute approximate surface area is 105 Å². The van der Waals surface area contributed by atoms with Crippen molar-refractivity contribution in [3.8, 4) is 0 Å². The van der Waals surface area contributed by atoms with Crippen LogP contribution in [0, 0.1) is 0 Å². The molecule has 1 aliphatic carbocycles. The molecule has 1 aromatic rings. The summed E-state index contributed by atoms with van der Waals surface area (Å²) in [7, 11) is 0. The molecular weight excluding hydrogens is 266 g/mol. The largest absolute Gasteiger partial charge is 0.392 e. The summed E-state index contributed by atoms with van der Waals surface area (Å²) in [6, 6.07) is 8.58. The van der Waals surface area contributed by atoms with E-state index >= 15 is 0 Å². The van der Waals surface area contributed by atoms with Crippen molar-refractivity contribution in [1.82, 2.24) is 5.32 Å². The maximum absolute atomic E-state index is 9.82. The van der Waals surface area contributed by atoms with Gasteiger partial charge in [-0.3, -0.25) is 0 Å². The first-order chi connectivity index (χ1) is 7.75. The smallest absolute Gasteiger partial charge is 0.0693 e. The molecule has 0 unspecified atom stereocenters. The first-order valence-corrected chi connectivity index (χ1v) is 6.71. The fourth-order valence-corrected chi connectivity index (χ4v) is 2.46. The average molecular weight is 284 g/mol. The molecule has 1 aliphatic rings. The quantitative estimate of drug-likeness (QED) is 0.894. The molecule has 0 aliphatic heterocycles. The molecule has 0 bridgehead atoms. The summed E-state index contributed by atoms with van der Waals surface area (Å²) in [4.78, 5) is 0. The zero-order valence-electron chi connectivity index (χ0n) is 9.32. The van der Waals surface area contributed by atoms with Crippen LogP contribution >= 0.6 is 15.9 Å². The van der Waals surface area contributed by atoms with Gasteiger partial charge in [-0.05, 0) is 30.5 Å². The minimum absolute atomic E-state index is 0.163. The van der Waals surface area contributed by atoms with Crippen molar-refractivity contribution < 1.29 is 5.11 Å². The number of aliphatic hydroxyl groups is 1. The molecule has 0 spiro atoms. The molecule has 0 aromatic heterocycles. The van der Waals surface area contributed by atoms with E-state index in [-0.39, 0.29) is 12.1 Å². The molecule has 1 saturated carbocycles. The minimum atomic E-state index is -0.163. The van der Waals surface area contributed by atoms with Crippen LogP contribution in [-0.4, -0.2) is 17.3 Å². The lowest BCUT2D eigenvalue weighted by Crippen LogP contribution is -2.41. The summed E-state index contributed by atoms with van der Waals surface area (Å²) in [6.45, 7) is 0.842. The summed E-state index contributed by atoms with van der Waals surface area (Å²) >= 11 is 3.42. The van der Waals surface area contributed by atoms with Gasteiger partial charge in [-0.15, -0.1) is 0 Å². The van der Waals surface area contributed by atoms with Crippen LogP contribution in [0.25, 0.3) is 0 Å². The third-order valence-corrected chi connectivity index (χ3v) is 3.74. The van der Waals surface area contributed by atoms with Crippen LogP contribution in [-0.2, 0) is 6.54 Å². The molecular formula is C13H18BrNO. The van der Waals surface area contributed by atoms with Gasteiger partial charge in [-0.25, -0.2) is 0 Å². The number of rotatable bonds is 3. The average Bonchev–Trinajstić information content (AvgIpc) is 2.30. The zero-order chi connectivity index (χ0) is 11.4. The van der Waals surface area contributed by atoms with Crippen molar-refractivity contribution in [2.24, 2.45) is 0 Å². The Kier molecular flexibility index (Phi) is 4.38. The maximum atomic E-state index is 9.82. The number of aliphatic hydroxyl groups excluding tert-OH is 1. The number of hydrogen-bond acceptors (Lipinski definition) is 2. The van der Waals surface area contributed by atoms with Gasteiger partial charge in [0, 0.05) is 17.1 Å². The van der Waals surface area contributed by atoms with Gasteiger partial charge in [0.15, 0.2) is 0 Å². The number of benzene rings is 1. The van der Waals surface area contributed by atoms with E-state index < -0.39 is 0 Å². The van der Waals surface area contributed by atoms with Gasteiger partial charge in [0.05, 0.1) is 6.10 Å². The van der Waals surface area contributed by atoms with Crippen LogP contribution in [0.3, 0.4) is 0 Å². The van der Waals surface area contributed by atoms with Crippen molar-refractivity contribution >= 4 is 15.9 Å². The number of hydrogen-bond donors (Lipinski definition) is 2. The van der Waals surface area contributed by atoms with Crippen LogP contribution in [0.1, 0.15) is 31.2 Å². The highest BCUT2D eigenvalue weighted by atomic mass is 79.9. The van der Waals surface area contributed by atoms with E-state index in [1.54, 1.807) is 0 Å². The SMILES string of the molecule is O[C@@H]1CCCC[C@H]1NCc1ccc(Br)cc1. The van der Waals surface area contributed by atoms with Crippen molar-refractivity contribution in [2.45, 2.75) is 44.4 Å². The topological polar surface area (TPSA) is 32.3 Å². The van der Waals surface area contributed by atoms with E-state index in [0.29, 0.717) is 0 Å². The van der Waals surface area contributed by atoms with Crippen molar-refractivity contribution in [1.29, 1.82) is 0 Å². The molecule has 2 N–H and O–H groups in total. The van der Waals surface area contributed by atoms with Gasteiger partial charge in [-0.2, -0.15) is 0 Å². The predicted molar refractivity (Wildman–Crippen MR) is 69.2 cm³/mol. The van der Waals surface area contributed by atoms with Crippen LogP contribution in [0.15, 0.2) is 28.7 Å². The van der Waals surface area contributed by atoms with Crippen LogP contribution in [0.5, 0.6) is 0 Å². The minimum Gasteiger partial charge on any atom is -0.392 e. The molecule has 0 amide bonds. The molecule has 0 heterocycles. The lowest BCUT2D eigenvalue weighted by molar-refractivity contribution is 0.0902. The summed E-state index contributed by atoms with van der Waals surface area (Å²) in [6.07, 6.45) is 4.27. The van der Waals surface area contributed by atoms with E-state index in [4.69, 9.17) is 0 Å². The van der Waals surface area contributed by atoms with Gasteiger partial charge >= 0.3 is 0 Å². The standard InChI is InChI=1S/C13H18BrNO/c14-11-7-5-10(6-8-11)9-15-12-3-1-2-4-13(12)16/h5-8,12-13,15-16H,1-4,9H2/t12-,13-/m1/s1. The molecule has 0 saturated heterocycles. The van der Waals surface area contributed by atoms with Crippen LogP contribution < -0.4 is 5.32 Å². The molecule has 3 heteroatoms. The Morgan fingerprint density at radius 1 is 1.19 bits per heavy atom. The fraction of sp³-hybridized carbons (Fsp3) is 0.538. The molecule has 0 radical (unpaired) electrons. The normalized spacial score (nSPS) is 25.6. The van der Waals surface area contributed by atoms with Crippen LogP contribution in [0.2, 0.25) is 0 Å². The van der Waals surface area contributed by atoms with E-state index in [1.807, 2.05) is 12.1 Å². The van der Waals surface area contributed by atoms with E-state index in [2.05, 4.69) is 33.4 Å². The Balaban J connectivity index is 1.84. The molecule has 16 heavy (non-hydrogen) atoms. The molecule has 88 valence electrons. The summed E-state index contributed by atoms with van der Waals surface area (Å²) < 4.78 is 1.11. The third kappa shape index (κ3) is 3.30. The fourth-order valence-electron chi connectivity index (χ4n) is 2.20. The molecule has 2 nitrogen and oxygen atoms in total. The molecule has 2 atom stereocenters. The number of nitrogens with one attached hydrogen (secondary N) is 1. The molecule has 1 aromatic carbocycles. The van der Waals surface area contributed by atoms with Gasteiger partial charge in [0.2, 0.25) is 0 Å². The van der Waals surface area contributed by atoms with Gasteiger partial charge < -0.3 is 10.4 Å². The lowest BCUT2D eigenvalue weighted by Gasteiger charge is -2.28. The molecule has 1 fully saturated rings. The third-order valence-electron chi connectivity index (χ3n) is 3.21. The zero-order valence-corrected chi connectivity index (χ0v) is 10.9. The van der Waals surface area contributed by atoms with Crippen LogP contribution in [0.4, 0.5) is 0 Å². The second kappa shape index (κ2) is 5.80. The Morgan fingerprint density at radius 2 is 1.88 bits per heavy atom. The monoisotopic (exact) mass is 283 g/mol. The Morgan fingerprint density at radius 3 is 2.56 bits per heavy atom. The second-order valence-electron chi connectivity index (χ2n) is 4.47. The summed E-state index contributed by atoms with van der Waals surface area (Å²) in [5.74, 6) is 0. The highest BCUT2D eigenvalue weighted by Crippen LogP contribution is 2.19. The second-order valence-corrected chi connectivity index (χ2v) is 5.38. The maximum Gasteiger partial charge on any atom is 0.0693 e. The molecule has 2 rings (SSSR count). The van der Waals surface area contributed by atoms with Gasteiger partial charge in [0.25, 0.3) is 0 Å². The van der Waals surface area contributed by atoms with Gasteiger partial charge in [-0.1, -0.05) is 40.9 Å². The first-order valence-electron chi connectivity index (χ1n) is 5.91.